The molecular weight excluding hydrogens is 284 g/mol. The third-order valence-electron chi connectivity index (χ3n) is 3.24. The number of ether oxygens (including phenoxy) is 1. The number of sulfone groups is 1. The zero-order valence-electron chi connectivity index (χ0n) is 12.1. The lowest BCUT2D eigenvalue weighted by molar-refractivity contribution is 0.415. The van der Waals surface area contributed by atoms with Gasteiger partial charge in [0, 0.05) is 0 Å². The summed E-state index contributed by atoms with van der Waals surface area (Å²) in [7, 11) is -1.72. The maximum absolute atomic E-state index is 12.4. The number of hydrogen-bond acceptors (Lipinski definition) is 3. The minimum atomic E-state index is -3.33. The molecule has 0 aliphatic carbocycles. The number of rotatable bonds is 5. The molecule has 0 saturated heterocycles. The van der Waals surface area contributed by atoms with E-state index in [4.69, 9.17) is 4.74 Å². The van der Waals surface area contributed by atoms with Crippen molar-refractivity contribution in [3.8, 4) is 5.75 Å². The summed E-state index contributed by atoms with van der Waals surface area (Å²) < 4.78 is 29.9. The maximum atomic E-state index is 12.4. The lowest BCUT2D eigenvalue weighted by Crippen LogP contribution is -2.15. The van der Waals surface area contributed by atoms with Crippen LogP contribution in [0.25, 0.3) is 6.08 Å². The van der Waals surface area contributed by atoms with Crippen LogP contribution in [0.15, 0.2) is 65.6 Å². The summed E-state index contributed by atoms with van der Waals surface area (Å²) in [5, 5.41) is -0.581. The van der Waals surface area contributed by atoms with Crippen LogP contribution in [-0.2, 0) is 9.84 Å². The van der Waals surface area contributed by atoms with Crippen LogP contribution in [0.5, 0.6) is 5.75 Å². The van der Waals surface area contributed by atoms with Crippen molar-refractivity contribution in [1.29, 1.82) is 0 Å². The average Bonchev–Trinajstić information content (AvgIpc) is 2.53. The van der Waals surface area contributed by atoms with Gasteiger partial charge >= 0.3 is 0 Å². The summed E-state index contributed by atoms with van der Waals surface area (Å²) in [5.74, 6) is 0.775. The predicted octanol–water partition coefficient (Wildman–Crippen LogP) is 3.57. The molecule has 0 aliphatic rings. The van der Waals surface area contributed by atoms with E-state index in [1.807, 2.05) is 30.3 Å². The van der Waals surface area contributed by atoms with Gasteiger partial charge in [0.05, 0.1) is 17.3 Å². The van der Waals surface area contributed by atoms with Gasteiger partial charge in [-0.3, -0.25) is 0 Å². The van der Waals surface area contributed by atoms with Gasteiger partial charge in [-0.2, -0.15) is 0 Å². The van der Waals surface area contributed by atoms with Gasteiger partial charge in [-0.1, -0.05) is 42.5 Å². The Balaban J connectivity index is 2.16. The van der Waals surface area contributed by atoms with Crippen LogP contribution in [-0.4, -0.2) is 20.8 Å². The van der Waals surface area contributed by atoms with Crippen molar-refractivity contribution in [3.63, 3.8) is 0 Å². The molecule has 2 aromatic carbocycles. The van der Waals surface area contributed by atoms with Crippen molar-refractivity contribution >= 4 is 15.9 Å². The van der Waals surface area contributed by atoms with Crippen LogP contribution in [0.2, 0.25) is 0 Å². The van der Waals surface area contributed by atoms with Crippen LogP contribution in [0.4, 0.5) is 0 Å². The second kappa shape index (κ2) is 6.59. The summed E-state index contributed by atoms with van der Waals surface area (Å²) in [5.41, 5.74) is 0.936. The Kier molecular flexibility index (Phi) is 4.81. The molecule has 0 radical (unpaired) electrons. The van der Waals surface area contributed by atoms with E-state index >= 15 is 0 Å². The number of hydrogen-bond donors (Lipinski definition) is 0. The first-order chi connectivity index (χ1) is 10.0. The Hall–Kier alpha value is -2.07. The van der Waals surface area contributed by atoms with Crippen molar-refractivity contribution in [2.24, 2.45) is 0 Å². The van der Waals surface area contributed by atoms with Gasteiger partial charge in [-0.05, 0) is 36.8 Å². The minimum absolute atomic E-state index is 0.344. The monoisotopic (exact) mass is 302 g/mol. The summed E-state index contributed by atoms with van der Waals surface area (Å²) in [6, 6.07) is 16.0. The number of benzene rings is 2. The molecule has 0 heterocycles. The van der Waals surface area contributed by atoms with Crippen molar-refractivity contribution in [2.45, 2.75) is 17.1 Å². The highest BCUT2D eigenvalue weighted by molar-refractivity contribution is 7.92. The van der Waals surface area contributed by atoms with Crippen molar-refractivity contribution in [3.05, 3.63) is 66.2 Å². The van der Waals surface area contributed by atoms with Gasteiger partial charge in [0.25, 0.3) is 0 Å². The molecular formula is C17H18O3S. The highest BCUT2D eigenvalue weighted by Crippen LogP contribution is 2.18. The highest BCUT2D eigenvalue weighted by atomic mass is 32.2. The first-order valence-electron chi connectivity index (χ1n) is 6.65. The normalized spacial score (nSPS) is 13.2. The molecule has 1 atom stereocenters. The second-order valence-corrected chi connectivity index (χ2v) is 7.00. The Morgan fingerprint density at radius 2 is 1.62 bits per heavy atom. The zero-order valence-corrected chi connectivity index (χ0v) is 12.9. The molecule has 0 saturated carbocycles. The fraction of sp³-hybridized carbons (Fsp3) is 0.176. The predicted molar refractivity (Wildman–Crippen MR) is 85.1 cm³/mol. The van der Waals surface area contributed by atoms with Crippen LogP contribution in [0, 0.1) is 0 Å². The Bertz CT molecular complexity index is 701. The molecule has 110 valence electrons. The molecule has 0 bridgehead atoms. The van der Waals surface area contributed by atoms with Gasteiger partial charge in [-0.15, -0.1) is 0 Å². The van der Waals surface area contributed by atoms with Crippen LogP contribution >= 0.6 is 0 Å². The fourth-order valence-corrected chi connectivity index (χ4v) is 3.14. The summed E-state index contributed by atoms with van der Waals surface area (Å²) in [6.45, 7) is 1.68. The van der Waals surface area contributed by atoms with Gasteiger partial charge in [0.15, 0.2) is 9.84 Å². The summed E-state index contributed by atoms with van der Waals surface area (Å²) >= 11 is 0. The summed E-state index contributed by atoms with van der Waals surface area (Å²) in [6.07, 6.45) is 3.51. The molecule has 21 heavy (non-hydrogen) atoms. The Morgan fingerprint density at radius 3 is 2.19 bits per heavy atom. The van der Waals surface area contributed by atoms with Crippen LogP contribution < -0.4 is 4.74 Å². The molecule has 4 heteroatoms. The third kappa shape index (κ3) is 3.73. The average molecular weight is 302 g/mol. The molecule has 2 aromatic rings. The molecule has 0 N–H and O–H groups in total. The van der Waals surface area contributed by atoms with E-state index in [0.29, 0.717) is 4.90 Å². The van der Waals surface area contributed by atoms with E-state index in [1.165, 1.54) is 0 Å². The van der Waals surface area contributed by atoms with Crippen LogP contribution in [0.1, 0.15) is 12.5 Å². The first kappa shape index (κ1) is 15.3. The van der Waals surface area contributed by atoms with E-state index in [0.717, 1.165) is 11.3 Å². The smallest absolute Gasteiger partial charge is 0.184 e. The molecule has 0 aromatic heterocycles. The SMILES string of the molecule is COc1ccc(/C=C/C(C)S(=O)(=O)c2ccccc2)cc1. The molecule has 2 rings (SSSR count). The second-order valence-electron chi connectivity index (χ2n) is 4.70. The minimum Gasteiger partial charge on any atom is -0.497 e. The van der Waals surface area contributed by atoms with E-state index in [1.54, 1.807) is 50.4 Å². The quantitative estimate of drug-likeness (QED) is 0.848. The third-order valence-corrected chi connectivity index (χ3v) is 5.30. The van der Waals surface area contributed by atoms with E-state index in [9.17, 15) is 8.42 Å². The molecule has 0 spiro atoms. The lowest BCUT2D eigenvalue weighted by Gasteiger charge is -2.08. The fourth-order valence-electron chi connectivity index (χ4n) is 1.89. The largest absolute Gasteiger partial charge is 0.497 e. The van der Waals surface area contributed by atoms with E-state index in [2.05, 4.69) is 0 Å². The van der Waals surface area contributed by atoms with E-state index < -0.39 is 15.1 Å². The van der Waals surface area contributed by atoms with Crippen molar-refractivity contribution in [2.75, 3.05) is 7.11 Å². The number of methoxy groups -OCH3 is 1. The standard InChI is InChI=1S/C17H18O3S/c1-14(21(18,19)17-6-4-3-5-7-17)8-9-15-10-12-16(20-2)13-11-15/h3-14H,1-2H3/b9-8+. The molecule has 0 aliphatic heterocycles. The lowest BCUT2D eigenvalue weighted by atomic mass is 10.2. The summed E-state index contributed by atoms with van der Waals surface area (Å²) in [4.78, 5) is 0.344. The molecule has 3 nitrogen and oxygen atoms in total. The molecule has 0 amide bonds. The van der Waals surface area contributed by atoms with Crippen LogP contribution in [0.3, 0.4) is 0 Å². The van der Waals surface area contributed by atoms with Gasteiger partial charge in [0.2, 0.25) is 0 Å². The van der Waals surface area contributed by atoms with Gasteiger partial charge < -0.3 is 4.74 Å². The first-order valence-corrected chi connectivity index (χ1v) is 8.20. The van der Waals surface area contributed by atoms with Crippen molar-refractivity contribution in [1.82, 2.24) is 0 Å². The maximum Gasteiger partial charge on any atom is 0.184 e. The molecule has 0 fully saturated rings. The highest BCUT2D eigenvalue weighted by Gasteiger charge is 2.20. The topological polar surface area (TPSA) is 43.4 Å². The molecule has 1 unspecified atom stereocenters. The van der Waals surface area contributed by atoms with Gasteiger partial charge in [-0.25, -0.2) is 8.42 Å². The van der Waals surface area contributed by atoms with Gasteiger partial charge in [0.1, 0.15) is 5.75 Å². The van der Waals surface area contributed by atoms with E-state index in [-0.39, 0.29) is 0 Å². The Morgan fingerprint density at radius 1 is 1.00 bits per heavy atom. The Labute approximate surface area is 125 Å². The van der Waals surface area contributed by atoms with Crippen molar-refractivity contribution < 1.29 is 13.2 Å². The zero-order chi connectivity index (χ0) is 15.3.